The molecule has 0 aromatic heterocycles. The van der Waals surface area contributed by atoms with Crippen LogP contribution in [-0.2, 0) is 26.6 Å². The molecule has 1 saturated heterocycles. The lowest BCUT2D eigenvalue weighted by Crippen LogP contribution is -2.88. The van der Waals surface area contributed by atoms with Crippen molar-refractivity contribution in [3.05, 3.63) is 237 Å². The van der Waals surface area contributed by atoms with E-state index in [1.807, 2.05) is 140 Å². The Morgan fingerprint density at radius 3 is 0.600 bits per heavy atom. The molecular formula is C48H40O7SSi4. The molecule has 9 rings (SSSR count). The van der Waals surface area contributed by atoms with Crippen LogP contribution in [0.2, 0.25) is 0 Å². The van der Waals surface area contributed by atoms with Gasteiger partial charge in [-0.25, -0.2) is 0 Å². The first kappa shape index (κ1) is 39.8. The summed E-state index contributed by atoms with van der Waals surface area (Å²) < 4.78 is 68.7. The molecule has 296 valence electrons. The monoisotopic (exact) mass is 872 g/mol. The topological polar surface area (TPSA) is 91.3 Å². The summed E-state index contributed by atoms with van der Waals surface area (Å²) >= 11 is 0. The average molecular weight is 873 g/mol. The molecule has 7 nitrogen and oxygen atoms in total. The van der Waals surface area contributed by atoms with E-state index >= 15 is 0 Å². The van der Waals surface area contributed by atoms with E-state index in [1.54, 1.807) is 12.1 Å². The van der Waals surface area contributed by atoms with Crippen molar-refractivity contribution in [2.24, 2.45) is 0 Å². The van der Waals surface area contributed by atoms with Crippen molar-refractivity contribution in [3.63, 3.8) is 0 Å². The Kier molecular flexibility index (Phi) is 10.9. The molecule has 1 aliphatic rings. The summed E-state index contributed by atoms with van der Waals surface area (Å²) in [7, 11) is -21.0. The van der Waals surface area contributed by atoms with Crippen molar-refractivity contribution in [1.29, 1.82) is 0 Å². The molecule has 0 radical (unpaired) electrons. The van der Waals surface area contributed by atoms with E-state index in [2.05, 4.69) is 72.8 Å². The van der Waals surface area contributed by atoms with Crippen LogP contribution < -0.4 is 41.5 Å². The first-order chi connectivity index (χ1) is 29.3. The molecule has 0 spiro atoms. The second kappa shape index (κ2) is 16.4. The molecule has 1 fully saturated rings. The van der Waals surface area contributed by atoms with Crippen LogP contribution in [0.15, 0.2) is 241 Å². The molecule has 1 N–H and O–H groups in total. The van der Waals surface area contributed by atoms with Gasteiger partial charge in [0.2, 0.25) is 0 Å². The highest BCUT2D eigenvalue weighted by atomic mass is 32.2. The largest absolute Gasteiger partial charge is 0.402 e. The van der Waals surface area contributed by atoms with E-state index in [0.29, 0.717) is 5.19 Å². The van der Waals surface area contributed by atoms with E-state index < -0.39 is 44.4 Å². The van der Waals surface area contributed by atoms with E-state index in [-0.39, 0.29) is 4.90 Å². The summed E-state index contributed by atoms with van der Waals surface area (Å²) in [5, 5.41) is 6.47. The van der Waals surface area contributed by atoms with E-state index in [1.165, 1.54) is 12.1 Å². The van der Waals surface area contributed by atoms with Gasteiger partial charge in [-0.2, -0.15) is 8.42 Å². The Morgan fingerprint density at radius 1 is 0.267 bits per heavy atom. The van der Waals surface area contributed by atoms with Gasteiger partial charge in [0.05, 0.1) is 4.90 Å². The quantitative estimate of drug-likeness (QED) is 0.171. The maximum absolute atomic E-state index is 12.5. The van der Waals surface area contributed by atoms with Gasteiger partial charge in [-0.15, -0.1) is 0 Å². The van der Waals surface area contributed by atoms with Crippen molar-refractivity contribution in [1.82, 2.24) is 0 Å². The van der Waals surface area contributed by atoms with Gasteiger partial charge >= 0.3 is 34.2 Å². The fourth-order valence-corrected chi connectivity index (χ4v) is 31.0. The fraction of sp³-hybridized carbons (Fsp3) is 0. The Labute approximate surface area is 354 Å². The van der Waals surface area contributed by atoms with Crippen LogP contribution in [0.3, 0.4) is 0 Å². The molecule has 0 bridgehead atoms. The normalized spacial score (nSPS) is 16.8. The summed E-state index contributed by atoms with van der Waals surface area (Å²) in [6, 6.07) is 76.8. The predicted octanol–water partition coefficient (Wildman–Crippen LogP) is 4.34. The Balaban J connectivity index is 1.50. The van der Waals surface area contributed by atoms with E-state index in [9.17, 15) is 13.0 Å². The van der Waals surface area contributed by atoms with Crippen LogP contribution in [0, 0.1) is 0 Å². The van der Waals surface area contributed by atoms with Crippen LogP contribution in [0.5, 0.6) is 0 Å². The summed E-state index contributed by atoms with van der Waals surface area (Å²) in [4.78, 5) is -0.245. The summed E-state index contributed by atoms with van der Waals surface area (Å²) in [5.41, 5.74) is 0. The minimum absolute atomic E-state index is 0.245. The van der Waals surface area contributed by atoms with Crippen LogP contribution >= 0.6 is 0 Å². The van der Waals surface area contributed by atoms with Crippen LogP contribution in [0.4, 0.5) is 0 Å². The van der Waals surface area contributed by atoms with Gasteiger partial charge in [0.15, 0.2) is 0 Å². The maximum atomic E-state index is 12.5. The maximum Gasteiger partial charge on any atom is 0.390 e. The van der Waals surface area contributed by atoms with E-state index in [4.69, 9.17) is 16.5 Å². The van der Waals surface area contributed by atoms with Gasteiger partial charge in [0.1, 0.15) is 0 Å². The lowest BCUT2D eigenvalue weighted by Gasteiger charge is -2.53. The van der Waals surface area contributed by atoms with Gasteiger partial charge < -0.3 is 16.5 Å². The standard InChI is InChI=1S/C48H40O7SSi4/c49-56(50,51)40-36-38-48(39-37-40)60(47-34-20-7-21-35-47)54-58(43-26-12-3-13-27-43,44-28-14-4-15-29-44)52-57(41-22-8-1-9-23-41,42-24-10-2-11-25-42)53-59(55-60,45-30-16-5-17-31-45)46-32-18-6-19-33-46/h1-39H,(H,49,50,51). The third-order valence-electron chi connectivity index (χ3n) is 10.8. The van der Waals surface area contributed by atoms with E-state index in [0.717, 1.165) is 36.3 Å². The molecule has 1 aliphatic heterocycles. The third kappa shape index (κ3) is 7.22. The minimum atomic E-state index is -4.53. The second-order valence-electron chi connectivity index (χ2n) is 14.4. The number of benzene rings is 8. The molecule has 60 heavy (non-hydrogen) atoms. The number of hydrogen-bond acceptors (Lipinski definition) is 6. The lowest BCUT2D eigenvalue weighted by molar-refractivity contribution is 0.268. The Morgan fingerprint density at radius 2 is 0.433 bits per heavy atom. The SMILES string of the molecule is O=S(=O)(O)c1ccc([Si]2(c3ccccc3)O[Si](c3ccccc3)(c3ccccc3)O[Si](c3ccccc3)(c3ccccc3)O[Si](c3ccccc3)(c3ccccc3)O2)cc1. The molecule has 8 aromatic carbocycles. The smallest absolute Gasteiger partial charge is 0.390 e. The van der Waals surface area contributed by atoms with Crippen molar-refractivity contribution in [3.8, 4) is 0 Å². The van der Waals surface area contributed by atoms with Crippen molar-refractivity contribution in [2.45, 2.75) is 4.90 Å². The van der Waals surface area contributed by atoms with Crippen molar-refractivity contribution < 1.29 is 29.4 Å². The Bertz CT molecular complexity index is 2560. The highest BCUT2D eigenvalue weighted by molar-refractivity contribution is 7.85. The van der Waals surface area contributed by atoms with Crippen molar-refractivity contribution >= 4 is 85.9 Å². The molecule has 0 aliphatic carbocycles. The molecule has 12 heteroatoms. The van der Waals surface area contributed by atoms with Crippen LogP contribution in [0.25, 0.3) is 0 Å². The number of hydrogen-bond donors (Lipinski definition) is 1. The molecule has 0 amide bonds. The summed E-state index contributed by atoms with van der Waals surface area (Å²) in [6.07, 6.45) is 0. The fourth-order valence-electron chi connectivity index (χ4n) is 7.95. The van der Waals surface area contributed by atoms with Gasteiger partial charge in [0, 0.05) is 0 Å². The van der Waals surface area contributed by atoms with Gasteiger partial charge in [-0.3, -0.25) is 4.55 Å². The molecule has 1 heterocycles. The molecule has 0 atom stereocenters. The third-order valence-corrected chi connectivity index (χ3v) is 29.6. The zero-order chi connectivity index (χ0) is 41.1. The summed E-state index contributed by atoms with van der Waals surface area (Å²) in [6.45, 7) is 0. The summed E-state index contributed by atoms with van der Waals surface area (Å²) in [5.74, 6) is 0. The average Bonchev–Trinajstić information content (AvgIpc) is 3.31. The molecular weight excluding hydrogens is 833 g/mol. The lowest BCUT2D eigenvalue weighted by atomic mass is 10.4. The van der Waals surface area contributed by atoms with Crippen LogP contribution in [-0.4, -0.2) is 47.2 Å². The Hall–Kier alpha value is -5.62. The highest BCUT2D eigenvalue weighted by Gasteiger charge is 2.67. The van der Waals surface area contributed by atoms with Crippen LogP contribution in [0.1, 0.15) is 0 Å². The zero-order valence-corrected chi connectivity index (χ0v) is 37.1. The molecule has 0 unspecified atom stereocenters. The van der Waals surface area contributed by atoms with Gasteiger partial charge in [-0.1, -0.05) is 224 Å². The first-order valence-corrected chi connectivity index (χ1v) is 28.3. The molecule has 8 aromatic rings. The second-order valence-corrected chi connectivity index (χ2v) is 28.7. The van der Waals surface area contributed by atoms with Crippen molar-refractivity contribution in [2.75, 3.05) is 0 Å². The first-order valence-electron chi connectivity index (χ1n) is 19.5. The minimum Gasteiger partial charge on any atom is -0.402 e. The predicted molar refractivity (Wildman–Crippen MR) is 246 cm³/mol. The van der Waals surface area contributed by atoms with Gasteiger partial charge in [0.25, 0.3) is 10.1 Å². The highest BCUT2D eigenvalue weighted by Crippen LogP contribution is 2.32. The molecule has 0 saturated carbocycles. The number of rotatable bonds is 9. The zero-order valence-electron chi connectivity index (χ0n) is 32.3. The van der Waals surface area contributed by atoms with Gasteiger partial charge in [-0.05, 0) is 53.6 Å².